The first-order chi connectivity index (χ1) is 10.2. The Hall–Kier alpha value is -1.62. The molecule has 1 heterocycles. The molecular weight excluding hydrogens is 269 g/mol. The summed E-state index contributed by atoms with van der Waals surface area (Å²) in [5.74, 6) is 0.564. The molecule has 0 saturated carbocycles. The summed E-state index contributed by atoms with van der Waals surface area (Å²) < 4.78 is 19.1. The molecule has 1 fully saturated rings. The lowest BCUT2D eigenvalue weighted by atomic mass is 10.1. The molecule has 0 bridgehead atoms. The summed E-state index contributed by atoms with van der Waals surface area (Å²) in [7, 11) is 0. The van der Waals surface area contributed by atoms with E-state index >= 15 is 0 Å². The lowest BCUT2D eigenvalue weighted by Gasteiger charge is -2.14. The van der Waals surface area contributed by atoms with E-state index in [0.717, 1.165) is 44.1 Å². The number of hydrogen-bond donors (Lipinski definition) is 2. The Kier molecular flexibility index (Phi) is 5.99. The predicted molar refractivity (Wildman–Crippen MR) is 82.9 cm³/mol. The summed E-state index contributed by atoms with van der Waals surface area (Å²) in [5, 5.41) is 6.47. The Bertz CT molecular complexity index is 484. The van der Waals surface area contributed by atoms with Crippen LogP contribution in [0.2, 0.25) is 0 Å². The summed E-state index contributed by atoms with van der Waals surface area (Å²) in [6.07, 6.45) is 2.49. The first-order valence-electron chi connectivity index (χ1n) is 7.58. The van der Waals surface area contributed by atoms with Crippen LogP contribution >= 0.6 is 0 Å². The van der Waals surface area contributed by atoms with Crippen molar-refractivity contribution in [2.75, 3.05) is 19.7 Å². The third-order valence-electron chi connectivity index (χ3n) is 3.52. The van der Waals surface area contributed by atoms with Crippen molar-refractivity contribution in [2.45, 2.75) is 39.3 Å². The molecule has 1 aliphatic rings. The van der Waals surface area contributed by atoms with Gasteiger partial charge in [-0.3, -0.25) is 0 Å². The zero-order chi connectivity index (χ0) is 15.1. The zero-order valence-electron chi connectivity index (χ0n) is 12.8. The second-order valence-electron chi connectivity index (χ2n) is 5.29. The predicted octanol–water partition coefficient (Wildman–Crippen LogP) is 2.37. The van der Waals surface area contributed by atoms with Gasteiger partial charge in [0.25, 0.3) is 0 Å². The van der Waals surface area contributed by atoms with Crippen molar-refractivity contribution < 1.29 is 9.13 Å². The molecule has 1 aromatic carbocycles. The van der Waals surface area contributed by atoms with Gasteiger partial charge in [0.15, 0.2) is 5.96 Å². The molecule has 0 radical (unpaired) electrons. The van der Waals surface area contributed by atoms with Gasteiger partial charge in [0.05, 0.1) is 12.6 Å². The van der Waals surface area contributed by atoms with Crippen LogP contribution in [0.3, 0.4) is 0 Å². The maximum absolute atomic E-state index is 13.5. The van der Waals surface area contributed by atoms with Gasteiger partial charge in [-0.2, -0.15) is 0 Å². The van der Waals surface area contributed by atoms with E-state index in [9.17, 15) is 4.39 Å². The molecule has 116 valence electrons. The van der Waals surface area contributed by atoms with Crippen LogP contribution in [-0.2, 0) is 11.3 Å². The molecule has 2 rings (SSSR count). The van der Waals surface area contributed by atoms with Crippen LogP contribution in [0, 0.1) is 12.7 Å². The maximum Gasteiger partial charge on any atom is 0.191 e. The molecule has 5 heteroatoms. The molecule has 21 heavy (non-hydrogen) atoms. The van der Waals surface area contributed by atoms with E-state index in [1.165, 1.54) is 0 Å². The van der Waals surface area contributed by atoms with Gasteiger partial charge in [-0.25, -0.2) is 9.38 Å². The molecule has 1 unspecified atom stereocenters. The van der Waals surface area contributed by atoms with Gasteiger partial charge in [0, 0.05) is 19.7 Å². The molecular formula is C16H24FN3O. The first-order valence-corrected chi connectivity index (χ1v) is 7.58. The second kappa shape index (κ2) is 7.98. The van der Waals surface area contributed by atoms with E-state index in [-0.39, 0.29) is 11.9 Å². The number of guanidine groups is 1. The van der Waals surface area contributed by atoms with Crippen LogP contribution in [0.1, 0.15) is 30.9 Å². The van der Waals surface area contributed by atoms with Crippen molar-refractivity contribution in [3.8, 4) is 0 Å². The summed E-state index contributed by atoms with van der Waals surface area (Å²) in [5.41, 5.74) is 1.53. The molecule has 0 amide bonds. The van der Waals surface area contributed by atoms with Crippen molar-refractivity contribution >= 4 is 5.96 Å². The van der Waals surface area contributed by atoms with E-state index < -0.39 is 0 Å². The smallest absolute Gasteiger partial charge is 0.191 e. The summed E-state index contributed by atoms with van der Waals surface area (Å²) in [6.45, 7) is 6.64. The van der Waals surface area contributed by atoms with Gasteiger partial charge >= 0.3 is 0 Å². The quantitative estimate of drug-likeness (QED) is 0.647. The summed E-state index contributed by atoms with van der Waals surface area (Å²) in [4.78, 5) is 4.49. The standard InChI is InChI=1S/C16H24FN3O/c1-3-18-16(20-11-14-5-4-8-21-14)19-10-13-7-6-12(2)15(17)9-13/h6-7,9,14H,3-5,8,10-11H2,1-2H3,(H2,18,19,20). The van der Waals surface area contributed by atoms with Crippen molar-refractivity contribution in [3.05, 3.63) is 35.1 Å². The molecule has 2 N–H and O–H groups in total. The van der Waals surface area contributed by atoms with Crippen LogP contribution in [0.15, 0.2) is 23.2 Å². The Morgan fingerprint density at radius 2 is 2.29 bits per heavy atom. The Labute approximate surface area is 125 Å². The topological polar surface area (TPSA) is 45.7 Å². The van der Waals surface area contributed by atoms with Gasteiger partial charge in [-0.05, 0) is 43.9 Å². The number of hydrogen-bond acceptors (Lipinski definition) is 2. The highest BCUT2D eigenvalue weighted by molar-refractivity contribution is 5.79. The zero-order valence-corrected chi connectivity index (χ0v) is 12.8. The minimum Gasteiger partial charge on any atom is -0.376 e. The number of benzene rings is 1. The molecule has 1 atom stereocenters. The summed E-state index contributed by atoms with van der Waals surface area (Å²) >= 11 is 0. The minimum absolute atomic E-state index is 0.181. The number of aliphatic imine (C=N–C) groups is 1. The molecule has 1 aromatic rings. The van der Waals surface area contributed by atoms with Crippen molar-refractivity contribution in [1.82, 2.24) is 10.6 Å². The van der Waals surface area contributed by atoms with Gasteiger partial charge in [-0.15, -0.1) is 0 Å². The molecule has 4 nitrogen and oxygen atoms in total. The molecule has 0 spiro atoms. The van der Waals surface area contributed by atoms with E-state index in [4.69, 9.17) is 4.74 Å². The minimum atomic E-state index is -0.181. The van der Waals surface area contributed by atoms with E-state index in [1.54, 1.807) is 19.1 Å². The average molecular weight is 293 g/mol. The lowest BCUT2D eigenvalue weighted by molar-refractivity contribution is 0.114. The number of nitrogens with zero attached hydrogens (tertiary/aromatic N) is 1. The number of aryl methyl sites for hydroxylation is 1. The van der Waals surface area contributed by atoms with E-state index in [0.29, 0.717) is 12.1 Å². The van der Waals surface area contributed by atoms with Crippen molar-refractivity contribution in [2.24, 2.45) is 4.99 Å². The van der Waals surface area contributed by atoms with Crippen LogP contribution in [0.4, 0.5) is 4.39 Å². The number of rotatable bonds is 5. The van der Waals surface area contributed by atoms with Crippen LogP contribution in [0.5, 0.6) is 0 Å². The first kappa shape index (κ1) is 15.8. The fraction of sp³-hybridized carbons (Fsp3) is 0.562. The molecule has 0 aliphatic carbocycles. The van der Waals surface area contributed by atoms with Gasteiger partial charge < -0.3 is 15.4 Å². The highest BCUT2D eigenvalue weighted by Gasteiger charge is 2.15. The number of nitrogens with one attached hydrogen (secondary N) is 2. The Morgan fingerprint density at radius 1 is 1.43 bits per heavy atom. The van der Waals surface area contributed by atoms with Gasteiger partial charge in [0.2, 0.25) is 0 Å². The summed E-state index contributed by atoms with van der Waals surface area (Å²) in [6, 6.07) is 5.24. The monoisotopic (exact) mass is 293 g/mol. The fourth-order valence-corrected chi connectivity index (χ4v) is 2.26. The number of halogens is 1. The third kappa shape index (κ3) is 5.01. The van der Waals surface area contributed by atoms with Crippen molar-refractivity contribution in [1.29, 1.82) is 0 Å². The van der Waals surface area contributed by atoms with E-state index in [1.807, 2.05) is 13.0 Å². The normalized spacial score (nSPS) is 18.8. The second-order valence-corrected chi connectivity index (χ2v) is 5.29. The molecule has 0 aromatic heterocycles. The van der Waals surface area contributed by atoms with Crippen LogP contribution < -0.4 is 10.6 Å². The number of ether oxygens (including phenoxy) is 1. The molecule has 1 saturated heterocycles. The van der Waals surface area contributed by atoms with Gasteiger partial charge in [-0.1, -0.05) is 12.1 Å². The highest BCUT2D eigenvalue weighted by atomic mass is 19.1. The van der Waals surface area contributed by atoms with Crippen molar-refractivity contribution in [3.63, 3.8) is 0 Å². The SMILES string of the molecule is CCNC(=NCc1ccc(C)c(F)c1)NCC1CCCO1. The van der Waals surface area contributed by atoms with Crippen LogP contribution in [-0.4, -0.2) is 31.8 Å². The maximum atomic E-state index is 13.5. The Morgan fingerprint density at radius 3 is 2.95 bits per heavy atom. The third-order valence-corrected chi connectivity index (χ3v) is 3.52. The average Bonchev–Trinajstić information content (AvgIpc) is 2.99. The van der Waals surface area contributed by atoms with Gasteiger partial charge in [0.1, 0.15) is 5.82 Å². The lowest BCUT2D eigenvalue weighted by Crippen LogP contribution is -2.41. The molecule has 1 aliphatic heterocycles. The largest absolute Gasteiger partial charge is 0.376 e. The van der Waals surface area contributed by atoms with E-state index in [2.05, 4.69) is 15.6 Å². The van der Waals surface area contributed by atoms with Crippen LogP contribution in [0.25, 0.3) is 0 Å². The Balaban J connectivity index is 1.90. The fourth-order valence-electron chi connectivity index (χ4n) is 2.26. The highest BCUT2D eigenvalue weighted by Crippen LogP contribution is 2.11.